The Kier molecular flexibility index (Phi) is 3.09. The first-order chi connectivity index (χ1) is 12.2. The van der Waals surface area contributed by atoms with Crippen molar-refractivity contribution in [3.8, 4) is 33.8 Å². The van der Waals surface area contributed by atoms with Gasteiger partial charge in [-0.1, -0.05) is 0 Å². The number of hydrogen-bond acceptors (Lipinski definition) is 4. The van der Waals surface area contributed by atoms with Crippen LogP contribution in [0.1, 0.15) is 29.2 Å². The van der Waals surface area contributed by atoms with E-state index in [1.165, 1.54) is 23.3 Å². The number of benzene rings is 2. The number of nitriles is 1. The van der Waals surface area contributed by atoms with E-state index in [0.29, 0.717) is 11.5 Å². The molecule has 0 saturated heterocycles. The van der Waals surface area contributed by atoms with Crippen molar-refractivity contribution in [3.63, 3.8) is 0 Å². The molecule has 0 bridgehead atoms. The van der Waals surface area contributed by atoms with Gasteiger partial charge in [0.15, 0.2) is 0 Å². The van der Waals surface area contributed by atoms with E-state index in [1.807, 2.05) is 23.6 Å². The fraction of sp³-hybridized carbons (Fsp3) is 0.150. The van der Waals surface area contributed by atoms with Crippen LogP contribution in [0, 0.1) is 17.1 Å². The Morgan fingerprint density at radius 1 is 1.24 bits per heavy atom. The molecule has 0 radical (unpaired) electrons. The van der Waals surface area contributed by atoms with E-state index in [9.17, 15) is 4.39 Å². The second-order valence-electron chi connectivity index (χ2n) is 6.15. The number of fused-ring (bicyclic) bond motifs is 2. The lowest BCUT2D eigenvalue weighted by molar-refractivity contribution is 0.205. The molecule has 1 aliphatic heterocycles. The highest BCUT2D eigenvalue weighted by atomic mass is 32.1. The van der Waals surface area contributed by atoms with E-state index in [-0.39, 0.29) is 11.7 Å². The molecular weight excluding hydrogens is 337 g/mol. The molecule has 1 aromatic heterocycles. The maximum absolute atomic E-state index is 13.7. The minimum atomic E-state index is -0.479. The molecule has 2 heterocycles. The zero-order chi connectivity index (χ0) is 17.0. The molecule has 0 N–H and O–H groups in total. The van der Waals surface area contributed by atoms with Gasteiger partial charge in [0, 0.05) is 22.8 Å². The van der Waals surface area contributed by atoms with E-state index in [1.54, 1.807) is 17.4 Å². The number of ether oxygens (including phenoxy) is 2. The van der Waals surface area contributed by atoms with Gasteiger partial charge >= 0.3 is 0 Å². The van der Waals surface area contributed by atoms with E-state index >= 15 is 0 Å². The molecule has 0 amide bonds. The topological polar surface area (TPSA) is 42.2 Å². The van der Waals surface area contributed by atoms with Gasteiger partial charge in [0.1, 0.15) is 29.2 Å². The Morgan fingerprint density at radius 3 is 3.04 bits per heavy atom. The number of hydrogen-bond donors (Lipinski definition) is 0. The third-order valence-electron chi connectivity index (χ3n) is 4.66. The van der Waals surface area contributed by atoms with Crippen molar-refractivity contribution in [3.05, 3.63) is 64.3 Å². The maximum Gasteiger partial charge on any atom is 0.138 e. The lowest BCUT2D eigenvalue weighted by Gasteiger charge is -2.24. The van der Waals surface area contributed by atoms with Crippen LogP contribution in [0.5, 0.6) is 17.2 Å². The summed E-state index contributed by atoms with van der Waals surface area (Å²) < 4.78 is 25.7. The Hall–Kier alpha value is -2.84. The Labute approximate surface area is 147 Å². The zero-order valence-corrected chi connectivity index (χ0v) is 13.9. The fourth-order valence-electron chi connectivity index (χ4n) is 3.65. The van der Waals surface area contributed by atoms with Crippen molar-refractivity contribution in [1.82, 2.24) is 0 Å². The quantitative estimate of drug-likeness (QED) is 0.605. The molecule has 0 saturated carbocycles. The zero-order valence-electron chi connectivity index (χ0n) is 13.1. The van der Waals surface area contributed by atoms with Crippen LogP contribution in [0.25, 0.3) is 10.4 Å². The van der Waals surface area contributed by atoms with Gasteiger partial charge < -0.3 is 9.47 Å². The molecule has 3 aromatic rings. The summed E-state index contributed by atoms with van der Waals surface area (Å²) in [6, 6.07) is 12.0. The maximum atomic E-state index is 13.7. The van der Waals surface area contributed by atoms with E-state index in [2.05, 4.69) is 6.07 Å². The van der Waals surface area contributed by atoms with Gasteiger partial charge in [0.2, 0.25) is 0 Å². The molecule has 3 nitrogen and oxygen atoms in total. The highest BCUT2D eigenvalue weighted by Gasteiger charge is 2.35. The number of rotatable bonds is 2. The van der Waals surface area contributed by atoms with Crippen molar-refractivity contribution in [1.29, 1.82) is 5.26 Å². The molecule has 5 rings (SSSR count). The molecule has 1 unspecified atom stereocenters. The fourth-order valence-corrected chi connectivity index (χ4v) is 4.52. The van der Waals surface area contributed by atoms with Crippen molar-refractivity contribution in [2.24, 2.45) is 0 Å². The van der Waals surface area contributed by atoms with Gasteiger partial charge in [-0.3, -0.25) is 0 Å². The van der Waals surface area contributed by atoms with Crippen LogP contribution >= 0.6 is 11.3 Å². The van der Waals surface area contributed by atoms with Gasteiger partial charge in [-0.25, -0.2) is 4.39 Å². The third-order valence-corrected chi connectivity index (χ3v) is 5.59. The lowest BCUT2D eigenvalue weighted by Crippen LogP contribution is -2.09. The monoisotopic (exact) mass is 349 g/mol. The smallest absolute Gasteiger partial charge is 0.138 e. The predicted molar refractivity (Wildman–Crippen MR) is 92.6 cm³/mol. The summed E-state index contributed by atoms with van der Waals surface area (Å²) in [5.74, 6) is 1.52. The summed E-state index contributed by atoms with van der Waals surface area (Å²) in [5.41, 5.74) is 3.75. The normalized spacial score (nSPS) is 16.6. The molecule has 25 heavy (non-hydrogen) atoms. The first kappa shape index (κ1) is 14.5. The second-order valence-corrected chi connectivity index (χ2v) is 7.07. The second kappa shape index (κ2) is 5.33. The molecule has 2 aliphatic rings. The molecule has 0 fully saturated rings. The van der Waals surface area contributed by atoms with Gasteiger partial charge in [0.25, 0.3) is 0 Å². The lowest BCUT2D eigenvalue weighted by atomic mass is 9.97. The van der Waals surface area contributed by atoms with Crippen LogP contribution in [0.4, 0.5) is 4.39 Å². The van der Waals surface area contributed by atoms with Gasteiger partial charge in [0.05, 0.1) is 16.5 Å². The number of halogens is 1. The summed E-state index contributed by atoms with van der Waals surface area (Å²) in [6.45, 7) is 0. The van der Waals surface area contributed by atoms with Crippen LogP contribution < -0.4 is 9.47 Å². The summed E-state index contributed by atoms with van der Waals surface area (Å²) in [7, 11) is 0. The van der Waals surface area contributed by atoms with Crippen molar-refractivity contribution < 1.29 is 13.9 Å². The summed E-state index contributed by atoms with van der Waals surface area (Å²) in [4.78, 5) is 1.15. The van der Waals surface area contributed by atoms with E-state index in [4.69, 9.17) is 14.7 Å². The molecule has 122 valence electrons. The molecular formula is C20H12FNO2S. The third kappa shape index (κ3) is 2.22. The van der Waals surface area contributed by atoms with Gasteiger partial charge in [-0.05, 0) is 48.6 Å². The Balaban J connectivity index is 1.60. The highest BCUT2D eigenvalue weighted by Crippen LogP contribution is 2.53. The van der Waals surface area contributed by atoms with Gasteiger partial charge in [-0.15, -0.1) is 11.3 Å². The molecule has 1 atom stereocenters. The van der Waals surface area contributed by atoms with Crippen LogP contribution in [0.2, 0.25) is 0 Å². The van der Waals surface area contributed by atoms with E-state index < -0.39 is 5.82 Å². The number of thiophene rings is 1. The van der Waals surface area contributed by atoms with Crippen LogP contribution in [-0.4, -0.2) is 0 Å². The first-order valence-electron chi connectivity index (χ1n) is 8.02. The van der Waals surface area contributed by atoms with Crippen LogP contribution in [0.3, 0.4) is 0 Å². The highest BCUT2D eigenvalue weighted by molar-refractivity contribution is 7.14. The van der Waals surface area contributed by atoms with Crippen LogP contribution in [-0.2, 0) is 6.42 Å². The standard InChI is InChI=1S/C20H12FNO2S/c21-12-7-11(10-22)8-13(9-12)23-16-3-2-15-19-14(16)1-4-17(19)24-18-5-6-25-20(15)18/h2-3,5-9,17H,1,4H2. The van der Waals surface area contributed by atoms with Crippen molar-refractivity contribution >= 4 is 11.3 Å². The Morgan fingerprint density at radius 2 is 2.16 bits per heavy atom. The summed E-state index contributed by atoms with van der Waals surface area (Å²) in [6.07, 6.45) is 1.82. The molecule has 1 aliphatic carbocycles. The SMILES string of the molecule is N#Cc1cc(F)cc(Oc2ccc3c4c2CCC4Oc2ccsc2-3)c1. The Bertz CT molecular complexity index is 1050. The minimum absolute atomic E-state index is 0.0535. The van der Waals surface area contributed by atoms with Crippen molar-refractivity contribution in [2.75, 3.05) is 0 Å². The molecule has 5 heteroatoms. The van der Waals surface area contributed by atoms with Crippen molar-refractivity contribution in [2.45, 2.75) is 18.9 Å². The predicted octanol–water partition coefficient (Wildman–Crippen LogP) is 5.60. The number of nitrogens with zero attached hydrogens (tertiary/aromatic N) is 1. The first-order valence-corrected chi connectivity index (χ1v) is 8.90. The summed E-state index contributed by atoms with van der Waals surface area (Å²) >= 11 is 1.67. The molecule has 0 spiro atoms. The molecule has 2 aromatic carbocycles. The minimum Gasteiger partial charge on any atom is -0.484 e. The van der Waals surface area contributed by atoms with E-state index in [0.717, 1.165) is 29.0 Å². The average Bonchev–Trinajstić information content (AvgIpc) is 3.24. The average molecular weight is 349 g/mol. The van der Waals surface area contributed by atoms with Crippen LogP contribution in [0.15, 0.2) is 41.8 Å². The largest absolute Gasteiger partial charge is 0.484 e. The summed E-state index contributed by atoms with van der Waals surface area (Å²) in [5, 5.41) is 11.0. The van der Waals surface area contributed by atoms with Gasteiger partial charge in [-0.2, -0.15) is 5.26 Å².